The van der Waals surface area contributed by atoms with Crippen LogP contribution in [0.3, 0.4) is 0 Å². The van der Waals surface area contributed by atoms with Crippen molar-refractivity contribution in [3.63, 3.8) is 0 Å². The fourth-order valence-electron chi connectivity index (χ4n) is 15.7. The third kappa shape index (κ3) is 17.7. The van der Waals surface area contributed by atoms with Gasteiger partial charge in [0.05, 0.1) is 66.4 Å². The van der Waals surface area contributed by atoms with Crippen molar-refractivity contribution in [3.05, 3.63) is 197 Å². The number of ether oxygens (including phenoxy) is 7. The van der Waals surface area contributed by atoms with Crippen LogP contribution in [-0.4, -0.2) is 102 Å². The van der Waals surface area contributed by atoms with Gasteiger partial charge < -0.3 is 48.5 Å². The largest absolute Gasteiger partial charge is 0.496 e. The molecular weight excluding hydrogens is 1280 g/mol. The number of nitrogens with zero attached hydrogens (tertiary/aromatic N) is 2. The Labute approximate surface area is 616 Å². The summed E-state index contributed by atoms with van der Waals surface area (Å²) in [5.74, 6) is 6.65. The number of nitrogens with one attached hydrogen (secondary N) is 1. The molecule has 1 saturated carbocycles. The number of amides is 1. The van der Waals surface area contributed by atoms with E-state index >= 15 is 4.79 Å². The average Bonchev–Trinajstić information content (AvgIpc) is 0.771. The first kappa shape index (κ1) is 76.1. The van der Waals surface area contributed by atoms with Gasteiger partial charge in [-0.1, -0.05) is 190 Å². The summed E-state index contributed by atoms with van der Waals surface area (Å²) in [6, 6.07) is 35.4. The number of primary amides is 1. The van der Waals surface area contributed by atoms with Crippen LogP contribution in [0.25, 0.3) is 0 Å². The lowest BCUT2D eigenvalue weighted by molar-refractivity contribution is -0.464. The molecular formula is C90H119N4O9+. The van der Waals surface area contributed by atoms with Crippen molar-refractivity contribution in [2.24, 2.45) is 10.9 Å². The molecule has 2 atom stereocenters. The molecule has 4 N–H and O–H groups in total. The number of aliphatic hydroxyl groups is 1. The van der Waals surface area contributed by atoms with Crippen molar-refractivity contribution in [1.82, 2.24) is 10.2 Å². The molecule has 2 heterocycles. The smallest absolute Gasteiger partial charge is 0.347 e. The quantitative estimate of drug-likeness (QED) is 0.0894. The van der Waals surface area contributed by atoms with Crippen LogP contribution in [0.1, 0.15) is 254 Å². The molecule has 552 valence electrons. The van der Waals surface area contributed by atoms with Crippen LogP contribution in [-0.2, 0) is 65.6 Å². The summed E-state index contributed by atoms with van der Waals surface area (Å²) in [6.07, 6.45) is 10.6. The van der Waals surface area contributed by atoms with Gasteiger partial charge in [0.1, 0.15) is 52.5 Å². The number of nitrogens with two attached hydrogens (primary N) is 1. The maximum atomic E-state index is 15.3. The van der Waals surface area contributed by atoms with Crippen molar-refractivity contribution in [2.45, 2.75) is 226 Å². The number of aliphatic imine (C=N–C) groups is 1. The Morgan fingerprint density at radius 1 is 0.447 bits per heavy atom. The van der Waals surface area contributed by atoms with Crippen LogP contribution in [0, 0.1) is 5.92 Å². The predicted molar refractivity (Wildman–Crippen MR) is 418 cm³/mol. The number of quaternary nitrogens is 1. The number of guanidine groups is 1. The second-order valence-corrected chi connectivity index (χ2v) is 35.0. The SMILES string of the molecule is COc1c2cc(C(C)(C)C)cc1Cc1cc(C(C)(C)C)cc(c1OC)Cc1cc(C(C)(C)C)cc(c1OC)Cc1cc([NH2+]C(=O)c3cccc(OC[C@@H]4CCN5CC[C@H](CO)N=C5N4)c3)cc(c1OCC1CCCCC1)Cc1cc(C(C)(C)C)cc(c1OC)Cc1cc(C(C)(C)C)cc(c1OC)C2. The first-order valence-corrected chi connectivity index (χ1v) is 37.9. The summed E-state index contributed by atoms with van der Waals surface area (Å²) in [5.41, 5.74) is 18.7. The van der Waals surface area contributed by atoms with Gasteiger partial charge in [-0.05, 0) is 160 Å². The zero-order chi connectivity index (χ0) is 74.1. The van der Waals surface area contributed by atoms with Gasteiger partial charge in [0.15, 0.2) is 5.96 Å². The summed E-state index contributed by atoms with van der Waals surface area (Å²) in [4.78, 5) is 22.3. The van der Waals surface area contributed by atoms with Crippen LogP contribution in [0.15, 0.2) is 102 Å². The number of aliphatic hydroxyl groups excluding tert-OH is 1. The molecule has 0 unspecified atom stereocenters. The van der Waals surface area contributed by atoms with Gasteiger partial charge in [0.2, 0.25) is 0 Å². The maximum absolute atomic E-state index is 15.3. The van der Waals surface area contributed by atoms with E-state index in [0.717, 1.165) is 152 Å². The topological polar surface area (TPSA) is 146 Å². The molecule has 4 aliphatic rings. The van der Waals surface area contributed by atoms with E-state index in [4.69, 9.17) is 38.2 Å². The molecule has 2 aliphatic carbocycles. The number of benzene rings is 7. The van der Waals surface area contributed by atoms with Gasteiger partial charge in [-0.15, -0.1) is 0 Å². The van der Waals surface area contributed by atoms with E-state index in [0.29, 0.717) is 69.0 Å². The van der Waals surface area contributed by atoms with Crippen molar-refractivity contribution in [3.8, 4) is 40.2 Å². The highest BCUT2D eigenvalue weighted by atomic mass is 16.5. The fraction of sp³-hybridized carbons (Fsp3) is 0.511. The van der Waals surface area contributed by atoms with Crippen molar-refractivity contribution < 1.29 is 48.4 Å². The molecule has 0 aromatic heterocycles. The van der Waals surface area contributed by atoms with Gasteiger partial charge in [-0.2, -0.15) is 0 Å². The molecule has 2 aliphatic heterocycles. The third-order valence-electron chi connectivity index (χ3n) is 21.8. The van der Waals surface area contributed by atoms with Crippen molar-refractivity contribution in [1.29, 1.82) is 0 Å². The number of rotatable bonds is 14. The maximum Gasteiger partial charge on any atom is 0.347 e. The molecule has 103 heavy (non-hydrogen) atoms. The van der Waals surface area contributed by atoms with E-state index < -0.39 is 0 Å². The van der Waals surface area contributed by atoms with Crippen LogP contribution in [0.2, 0.25) is 0 Å². The number of carbonyl (C=O) groups is 1. The minimum atomic E-state index is -0.258. The lowest BCUT2D eigenvalue weighted by Gasteiger charge is -2.39. The molecule has 7 aromatic rings. The summed E-state index contributed by atoms with van der Waals surface area (Å²) in [5, 5.41) is 15.3. The Morgan fingerprint density at radius 2 is 0.796 bits per heavy atom. The van der Waals surface area contributed by atoms with E-state index in [2.05, 4.69) is 187 Å². The van der Waals surface area contributed by atoms with Gasteiger partial charge >= 0.3 is 5.91 Å². The first-order valence-electron chi connectivity index (χ1n) is 37.9. The average molecular weight is 1400 g/mol. The second-order valence-electron chi connectivity index (χ2n) is 35.0. The Morgan fingerprint density at radius 3 is 1.14 bits per heavy atom. The molecule has 11 rings (SSSR count). The first-order chi connectivity index (χ1) is 48.7. The molecule has 13 nitrogen and oxygen atoms in total. The second kappa shape index (κ2) is 31.0. The third-order valence-corrected chi connectivity index (χ3v) is 21.8. The summed E-state index contributed by atoms with van der Waals surface area (Å²) in [7, 11) is 9.06. The highest BCUT2D eigenvalue weighted by Crippen LogP contribution is 2.46. The van der Waals surface area contributed by atoms with E-state index in [1.165, 1.54) is 47.1 Å². The zero-order valence-electron chi connectivity index (χ0n) is 65.9. The molecule has 0 spiro atoms. The predicted octanol–water partition coefficient (Wildman–Crippen LogP) is 17.2. The monoisotopic (exact) mass is 1400 g/mol. The molecule has 13 heteroatoms. The summed E-state index contributed by atoms with van der Waals surface area (Å²) < 4.78 is 47.9. The number of fused-ring (bicyclic) bond motifs is 13. The van der Waals surface area contributed by atoms with Gasteiger partial charge in [-0.3, -0.25) is 0 Å². The summed E-state index contributed by atoms with van der Waals surface area (Å²) in [6.45, 7) is 37.1. The molecule has 7 aromatic carbocycles. The van der Waals surface area contributed by atoms with E-state index in [1.54, 1.807) is 19.5 Å². The van der Waals surface area contributed by atoms with E-state index in [1.807, 2.05) is 45.6 Å². The van der Waals surface area contributed by atoms with Crippen LogP contribution < -0.4 is 43.8 Å². The molecule has 1 amide bonds. The number of hydrogen-bond donors (Lipinski definition) is 3. The van der Waals surface area contributed by atoms with Crippen molar-refractivity contribution >= 4 is 17.6 Å². The highest BCUT2D eigenvalue weighted by Gasteiger charge is 2.33. The van der Waals surface area contributed by atoms with Crippen molar-refractivity contribution in [2.75, 3.05) is 68.5 Å². The Balaban J connectivity index is 1.15. The fourth-order valence-corrected chi connectivity index (χ4v) is 15.7. The minimum Gasteiger partial charge on any atom is -0.496 e. The molecule has 0 radical (unpaired) electrons. The lowest BCUT2D eigenvalue weighted by Crippen LogP contribution is -2.82. The standard InChI is InChI=1S/C90H118N4O9/c1-86(2,3)69-39-57-33-59-41-70(87(4,5)6)43-61(79(59)98-17)35-63-45-72(89(10,11)12)47-65(81(63)100-19)37-67-49-76(91-84(96)56-27-24-28-77(51-56)102-54-75-30-32-94-31-29-74(52-95)92-85(94)93-75)50-68(83(67)103-53-55-25-22-21-23-26-55)38-66-48-73(90(13,14)15)46-64(82(66)101-20)36-62-44-71(88(7,8)9)42-60(80(62)99-18)34-58(40-69)78(57)97-16/h24,27-28,39-51,55,74-75,95H,21-23,25-26,29-38,52-54H2,1-20H3,(H,91,96)(H,92,93)/p+1/t74-,75+/m1/s1. The van der Waals surface area contributed by atoms with Crippen LogP contribution >= 0.6 is 0 Å². The van der Waals surface area contributed by atoms with Gasteiger partial charge in [0.25, 0.3) is 0 Å². The Kier molecular flexibility index (Phi) is 22.9. The molecule has 12 bridgehead atoms. The highest BCUT2D eigenvalue weighted by molar-refractivity contribution is 5.88. The van der Waals surface area contributed by atoms with Gasteiger partial charge in [0, 0.05) is 74.9 Å². The summed E-state index contributed by atoms with van der Waals surface area (Å²) >= 11 is 0. The van der Waals surface area contributed by atoms with E-state index in [9.17, 15) is 5.11 Å². The Bertz CT molecular complexity index is 4060. The van der Waals surface area contributed by atoms with E-state index in [-0.39, 0.29) is 51.7 Å². The lowest BCUT2D eigenvalue weighted by atomic mass is 9.79. The number of carbonyl (C=O) groups excluding carboxylic acids is 1. The zero-order valence-corrected chi connectivity index (χ0v) is 65.9. The Hall–Kier alpha value is -8.00. The van der Waals surface area contributed by atoms with Gasteiger partial charge in [-0.25, -0.2) is 15.1 Å². The van der Waals surface area contributed by atoms with Crippen LogP contribution in [0.5, 0.6) is 40.2 Å². The molecule has 1 saturated heterocycles. The molecule has 2 fully saturated rings. The van der Waals surface area contributed by atoms with Crippen LogP contribution in [0.4, 0.5) is 5.69 Å². The minimum absolute atomic E-state index is 0.0210. The number of hydrogen-bond acceptors (Lipinski definition) is 12. The number of methoxy groups -OCH3 is 5. The normalized spacial score (nSPS) is 17.1.